The normalized spacial score (nSPS) is 12.4. The Hall–Kier alpha value is -1.88. The molecule has 1 heterocycles. The second kappa shape index (κ2) is 5.84. The summed E-state index contributed by atoms with van der Waals surface area (Å²) in [5.41, 5.74) is 7.33. The Balaban J connectivity index is 2.43. The first-order valence-electron chi connectivity index (χ1n) is 6.28. The first-order valence-corrected chi connectivity index (χ1v) is 6.28. The summed E-state index contributed by atoms with van der Waals surface area (Å²) in [7, 11) is 1.51. The number of benzene rings is 1. The van der Waals surface area contributed by atoms with E-state index in [0.717, 1.165) is 18.7 Å². The zero-order valence-corrected chi connectivity index (χ0v) is 11.1. The van der Waals surface area contributed by atoms with Crippen LogP contribution in [-0.4, -0.2) is 16.9 Å². The zero-order chi connectivity index (χ0) is 13.8. The van der Waals surface area contributed by atoms with Crippen molar-refractivity contribution in [1.29, 1.82) is 0 Å². The predicted molar refractivity (Wildman–Crippen MR) is 71.5 cm³/mol. The number of ether oxygens (including phenoxy) is 1. The number of nitrogens with two attached hydrogens (primary N) is 1. The second-order valence-corrected chi connectivity index (χ2v) is 4.31. The van der Waals surface area contributed by atoms with E-state index in [1.54, 1.807) is 23.0 Å². The van der Waals surface area contributed by atoms with Gasteiger partial charge in [-0.05, 0) is 24.6 Å². The highest BCUT2D eigenvalue weighted by Gasteiger charge is 2.21. The van der Waals surface area contributed by atoms with Crippen molar-refractivity contribution in [2.24, 2.45) is 5.73 Å². The minimum absolute atomic E-state index is 0.364. The molecule has 0 spiro atoms. The van der Waals surface area contributed by atoms with Crippen molar-refractivity contribution in [1.82, 2.24) is 9.78 Å². The van der Waals surface area contributed by atoms with Crippen molar-refractivity contribution in [3.8, 4) is 5.75 Å². The average molecular weight is 263 g/mol. The lowest BCUT2D eigenvalue weighted by Crippen LogP contribution is -2.19. The monoisotopic (exact) mass is 263 g/mol. The van der Waals surface area contributed by atoms with Crippen LogP contribution in [0.3, 0.4) is 0 Å². The van der Waals surface area contributed by atoms with Crippen LogP contribution in [0.25, 0.3) is 0 Å². The fraction of sp³-hybridized carbons (Fsp3) is 0.357. The van der Waals surface area contributed by atoms with Crippen LogP contribution in [0.15, 0.2) is 30.5 Å². The van der Waals surface area contributed by atoms with Crippen LogP contribution in [0, 0.1) is 5.82 Å². The van der Waals surface area contributed by atoms with E-state index >= 15 is 0 Å². The maximum Gasteiger partial charge on any atom is 0.132 e. The number of halogens is 1. The molecular weight excluding hydrogens is 245 g/mol. The molecule has 0 aliphatic heterocycles. The number of aromatic nitrogens is 2. The van der Waals surface area contributed by atoms with Crippen LogP contribution in [-0.2, 0) is 6.54 Å². The molecule has 1 aromatic carbocycles. The zero-order valence-electron chi connectivity index (χ0n) is 11.1. The van der Waals surface area contributed by atoms with Gasteiger partial charge in [-0.25, -0.2) is 4.39 Å². The van der Waals surface area contributed by atoms with E-state index in [0.29, 0.717) is 11.3 Å². The van der Waals surface area contributed by atoms with Crippen LogP contribution >= 0.6 is 0 Å². The molecule has 1 atom stereocenters. The molecule has 1 aromatic heterocycles. The number of nitrogens with zero attached hydrogens (tertiary/aromatic N) is 2. The number of methoxy groups -OCH3 is 1. The summed E-state index contributed by atoms with van der Waals surface area (Å²) in [4.78, 5) is 0. The van der Waals surface area contributed by atoms with Crippen molar-refractivity contribution >= 4 is 0 Å². The molecule has 4 nitrogen and oxygen atoms in total. The third-order valence-electron chi connectivity index (χ3n) is 3.05. The fourth-order valence-electron chi connectivity index (χ4n) is 2.15. The van der Waals surface area contributed by atoms with E-state index in [-0.39, 0.29) is 5.82 Å². The molecular formula is C14H18FN3O. The maximum absolute atomic E-state index is 14.0. The second-order valence-electron chi connectivity index (χ2n) is 4.31. The van der Waals surface area contributed by atoms with Gasteiger partial charge in [-0.3, -0.25) is 4.68 Å². The summed E-state index contributed by atoms with van der Waals surface area (Å²) < 4.78 is 21.0. The van der Waals surface area contributed by atoms with Gasteiger partial charge in [-0.15, -0.1) is 0 Å². The maximum atomic E-state index is 14.0. The molecule has 19 heavy (non-hydrogen) atoms. The van der Waals surface area contributed by atoms with Gasteiger partial charge in [-0.2, -0.15) is 5.10 Å². The lowest BCUT2D eigenvalue weighted by Gasteiger charge is -2.17. The molecule has 0 saturated carbocycles. The topological polar surface area (TPSA) is 53.1 Å². The Morgan fingerprint density at radius 2 is 2.21 bits per heavy atom. The van der Waals surface area contributed by atoms with Crippen LogP contribution < -0.4 is 10.5 Å². The number of hydrogen-bond donors (Lipinski definition) is 1. The highest BCUT2D eigenvalue weighted by atomic mass is 19.1. The molecule has 0 amide bonds. The van der Waals surface area contributed by atoms with Gasteiger partial charge in [0, 0.05) is 12.7 Å². The Bertz CT molecular complexity index is 553. The van der Waals surface area contributed by atoms with E-state index in [1.165, 1.54) is 13.2 Å². The highest BCUT2D eigenvalue weighted by molar-refractivity contribution is 5.40. The van der Waals surface area contributed by atoms with Gasteiger partial charge in [0.05, 0.1) is 24.4 Å². The highest BCUT2D eigenvalue weighted by Crippen LogP contribution is 2.30. The summed E-state index contributed by atoms with van der Waals surface area (Å²) in [6, 6.07) is 5.92. The molecule has 2 aromatic rings. The van der Waals surface area contributed by atoms with Gasteiger partial charge in [0.1, 0.15) is 11.6 Å². The van der Waals surface area contributed by atoms with Crippen LogP contribution in [0.1, 0.15) is 30.6 Å². The lowest BCUT2D eigenvalue weighted by molar-refractivity contribution is 0.400. The molecule has 5 heteroatoms. The Morgan fingerprint density at radius 1 is 1.42 bits per heavy atom. The molecule has 102 valence electrons. The quantitative estimate of drug-likeness (QED) is 0.901. The van der Waals surface area contributed by atoms with Gasteiger partial charge in [-0.1, -0.05) is 13.0 Å². The van der Waals surface area contributed by atoms with Gasteiger partial charge in [0.2, 0.25) is 0 Å². The average Bonchev–Trinajstić information content (AvgIpc) is 2.86. The molecule has 1 unspecified atom stereocenters. The van der Waals surface area contributed by atoms with Crippen LogP contribution in [0.5, 0.6) is 5.75 Å². The van der Waals surface area contributed by atoms with Crippen molar-refractivity contribution < 1.29 is 9.13 Å². The first kappa shape index (κ1) is 13.5. The molecule has 0 radical (unpaired) electrons. The Morgan fingerprint density at radius 3 is 2.89 bits per heavy atom. The number of hydrogen-bond acceptors (Lipinski definition) is 3. The van der Waals surface area contributed by atoms with Crippen molar-refractivity contribution in [2.75, 3.05) is 7.11 Å². The lowest BCUT2D eigenvalue weighted by atomic mass is 10.0. The van der Waals surface area contributed by atoms with E-state index in [1.807, 2.05) is 6.07 Å². The van der Waals surface area contributed by atoms with Gasteiger partial charge >= 0.3 is 0 Å². The minimum Gasteiger partial charge on any atom is -0.496 e. The van der Waals surface area contributed by atoms with E-state index in [4.69, 9.17) is 10.5 Å². The summed E-state index contributed by atoms with van der Waals surface area (Å²) in [5, 5.41) is 4.21. The number of aryl methyl sites for hydroxylation is 1. The van der Waals surface area contributed by atoms with Crippen molar-refractivity contribution in [2.45, 2.75) is 25.9 Å². The van der Waals surface area contributed by atoms with Gasteiger partial charge < -0.3 is 10.5 Å². The molecule has 2 rings (SSSR count). The minimum atomic E-state index is -0.592. The molecule has 0 aliphatic rings. The van der Waals surface area contributed by atoms with Crippen LogP contribution in [0.2, 0.25) is 0 Å². The summed E-state index contributed by atoms with van der Waals surface area (Å²) in [6.45, 7) is 2.81. The summed E-state index contributed by atoms with van der Waals surface area (Å²) in [5.74, 6) is 0.0906. The van der Waals surface area contributed by atoms with E-state index in [2.05, 4.69) is 12.0 Å². The number of rotatable bonds is 5. The Labute approximate surface area is 112 Å². The predicted octanol–water partition coefficient (Wildman–Crippen LogP) is 2.49. The third-order valence-corrected chi connectivity index (χ3v) is 3.05. The fourth-order valence-corrected chi connectivity index (χ4v) is 2.15. The largest absolute Gasteiger partial charge is 0.496 e. The molecule has 0 bridgehead atoms. The molecule has 2 N–H and O–H groups in total. The molecule has 0 aliphatic carbocycles. The van der Waals surface area contributed by atoms with Crippen molar-refractivity contribution in [3.63, 3.8) is 0 Å². The summed E-state index contributed by atoms with van der Waals surface area (Å²) >= 11 is 0. The first-order chi connectivity index (χ1) is 9.19. The third kappa shape index (κ3) is 2.61. The Kier molecular flexibility index (Phi) is 4.16. The smallest absolute Gasteiger partial charge is 0.132 e. The van der Waals surface area contributed by atoms with E-state index < -0.39 is 6.04 Å². The van der Waals surface area contributed by atoms with Gasteiger partial charge in [0.25, 0.3) is 0 Å². The van der Waals surface area contributed by atoms with Crippen LogP contribution in [0.4, 0.5) is 4.39 Å². The molecule has 0 fully saturated rings. The standard InChI is InChI=1S/C14H18FN3O/c1-3-9-18-11(7-8-17-18)14(16)13-10(15)5-4-6-12(13)19-2/h4-8,14H,3,9,16H2,1-2H3. The summed E-state index contributed by atoms with van der Waals surface area (Å²) in [6.07, 6.45) is 2.62. The van der Waals surface area contributed by atoms with Gasteiger partial charge in [0.15, 0.2) is 0 Å². The van der Waals surface area contributed by atoms with E-state index in [9.17, 15) is 4.39 Å². The SMILES string of the molecule is CCCn1nccc1C(N)c1c(F)cccc1OC. The molecule has 0 saturated heterocycles. The van der Waals surface area contributed by atoms with Crippen molar-refractivity contribution in [3.05, 3.63) is 47.5 Å².